The number of nitrogens with two attached hydrogens (primary N) is 1. The van der Waals surface area contributed by atoms with Crippen molar-refractivity contribution < 1.29 is 9.47 Å². The molecule has 16 heavy (non-hydrogen) atoms. The van der Waals surface area contributed by atoms with E-state index in [-0.39, 0.29) is 16.9 Å². The first-order valence-electron chi connectivity index (χ1n) is 6.08. The van der Waals surface area contributed by atoms with Crippen LogP contribution in [-0.2, 0) is 9.47 Å². The monoisotopic (exact) mass is 231 g/mol. The Kier molecular flexibility index (Phi) is 6.53. The first-order chi connectivity index (χ1) is 7.18. The Hall–Kier alpha value is -0.120. The Morgan fingerprint density at radius 2 is 1.44 bits per heavy atom. The lowest BCUT2D eigenvalue weighted by molar-refractivity contribution is -0.0386. The van der Waals surface area contributed by atoms with Gasteiger partial charge in [-0.25, -0.2) is 0 Å². The highest BCUT2D eigenvalue weighted by Crippen LogP contribution is 2.19. The van der Waals surface area contributed by atoms with Gasteiger partial charge in [-0.2, -0.15) is 0 Å². The summed E-state index contributed by atoms with van der Waals surface area (Å²) >= 11 is 0. The lowest BCUT2D eigenvalue weighted by Gasteiger charge is -2.28. The molecule has 0 aromatic rings. The molecule has 0 radical (unpaired) electrons. The third kappa shape index (κ3) is 8.08. The molecule has 0 saturated carbocycles. The fourth-order valence-electron chi connectivity index (χ4n) is 1.10. The minimum Gasteiger partial charge on any atom is -0.380 e. The predicted octanol–water partition coefficient (Wildman–Crippen LogP) is 2.44. The summed E-state index contributed by atoms with van der Waals surface area (Å²) < 4.78 is 11.3. The molecule has 0 bridgehead atoms. The number of hydrogen-bond acceptors (Lipinski definition) is 3. The topological polar surface area (TPSA) is 44.5 Å². The van der Waals surface area contributed by atoms with Crippen LogP contribution in [0.4, 0.5) is 0 Å². The highest BCUT2D eigenvalue weighted by atomic mass is 16.5. The molecule has 0 unspecified atom stereocenters. The number of rotatable bonds is 8. The summed E-state index contributed by atoms with van der Waals surface area (Å²) in [4.78, 5) is 0. The van der Waals surface area contributed by atoms with Gasteiger partial charge in [0.15, 0.2) is 0 Å². The SMILES string of the molecule is CC(C)OCC(C)(C)COCC(C)(C)CN. The molecule has 0 rings (SSSR count). The molecule has 0 heterocycles. The number of hydrogen-bond donors (Lipinski definition) is 1. The Labute approximate surface area is 101 Å². The van der Waals surface area contributed by atoms with Gasteiger partial charge in [-0.1, -0.05) is 27.7 Å². The molecule has 0 aromatic heterocycles. The van der Waals surface area contributed by atoms with E-state index in [2.05, 4.69) is 41.5 Å². The lowest BCUT2D eigenvalue weighted by Crippen LogP contribution is -2.33. The molecule has 0 aliphatic carbocycles. The average Bonchev–Trinajstić information content (AvgIpc) is 2.14. The van der Waals surface area contributed by atoms with Crippen molar-refractivity contribution in [1.29, 1.82) is 0 Å². The van der Waals surface area contributed by atoms with E-state index in [0.717, 1.165) is 6.61 Å². The van der Waals surface area contributed by atoms with Gasteiger partial charge in [0, 0.05) is 10.8 Å². The normalized spacial score (nSPS) is 13.5. The van der Waals surface area contributed by atoms with Crippen molar-refractivity contribution in [2.75, 3.05) is 26.4 Å². The van der Waals surface area contributed by atoms with Crippen LogP contribution in [0.5, 0.6) is 0 Å². The van der Waals surface area contributed by atoms with Gasteiger partial charge in [-0.3, -0.25) is 0 Å². The Morgan fingerprint density at radius 1 is 0.938 bits per heavy atom. The van der Waals surface area contributed by atoms with Gasteiger partial charge in [0.25, 0.3) is 0 Å². The van der Waals surface area contributed by atoms with Crippen molar-refractivity contribution in [3.05, 3.63) is 0 Å². The minimum absolute atomic E-state index is 0.0644. The van der Waals surface area contributed by atoms with Crippen LogP contribution in [0.2, 0.25) is 0 Å². The summed E-state index contributed by atoms with van der Waals surface area (Å²) in [6.45, 7) is 15.4. The van der Waals surface area contributed by atoms with Crippen molar-refractivity contribution in [3.8, 4) is 0 Å². The zero-order valence-corrected chi connectivity index (χ0v) is 11.8. The third-order valence-corrected chi connectivity index (χ3v) is 2.35. The molecular formula is C13H29NO2. The standard InChI is InChI=1S/C13H29NO2/c1-11(2)16-10-13(5,6)9-15-8-12(3,4)7-14/h11H,7-10,14H2,1-6H3. The zero-order valence-electron chi connectivity index (χ0n) is 11.8. The fourth-order valence-corrected chi connectivity index (χ4v) is 1.10. The van der Waals surface area contributed by atoms with E-state index < -0.39 is 0 Å². The Morgan fingerprint density at radius 3 is 1.88 bits per heavy atom. The van der Waals surface area contributed by atoms with E-state index in [1.54, 1.807) is 0 Å². The van der Waals surface area contributed by atoms with Crippen molar-refractivity contribution in [2.45, 2.75) is 47.6 Å². The molecule has 0 spiro atoms. The summed E-state index contributed by atoms with van der Waals surface area (Å²) in [6, 6.07) is 0. The Bertz CT molecular complexity index is 188. The summed E-state index contributed by atoms with van der Waals surface area (Å²) in [7, 11) is 0. The van der Waals surface area contributed by atoms with Gasteiger partial charge in [-0.05, 0) is 20.4 Å². The average molecular weight is 231 g/mol. The van der Waals surface area contributed by atoms with Crippen LogP contribution in [-0.4, -0.2) is 32.5 Å². The van der Waals surface area contributed by atoms with E-state index in [1.807, 2.05) is 0 Å². The van der Waals surface area contributed by atoms with Crippen LogP contribution in [0, 0.1) is 10.8 Å². The highest BCUT2D eigenvalue weighted by Gasteiger charge is 2.22. The first-order valence-corrected chi connectivity index (χ1v) is 6.08. The summed E-state index contributed by atoms with van der Waals surface area (Å²) in [5.41, 5.74) is 5.78. The van der Waals surface area contributed by atoms with E-state index in [1.165, 1.54) is 0 Å². The van der Waals surface area contributed by atoms with Crippen LogP contribution >= 0.6 is 0 Å². The summed E-state index contributed by atoms with van der Waals surface area (Å²) in [5, 5.41) is 0. The molecule has 0 aromatic carbocycles. The van der Waals surface area contributed by atoms with Crippen molar-refractivity contribution >= 4 is 0 Å². The summed E-state index contributed by atoms with van der Waals surface area (Å²) in [6.07, 6.45) is 0.278. The van der Waals surface area contributed by atoms with Crippen LogP contribution in [0.3, 0.4) is 0 Å². The quantitative estimate of drug-likeness (QED) is 0.698. The van der Waals surface area contributed by atoms with Crippen LogP contribution in [0.1, 0.15) is 41.5 Å². The molecule has 0 aliphatic rings. The summed E-state index contributed by atoms with van der Waals surface area (Å²) in [5.74, 6) is 0. The van der Waals surface area contributed by atoms with Crippen molar-refractivity contribution in [2.24, 2.45) is 16.6 Å². The highest BCUT2D eigenvalue weighted by molar-refractivity contribution is 4.71. The molecule has 2 N–H and O–H groups in total. The second kappa shape index (κ2) is 6.58. The van der Waals surface area contributed by atoms with Gasteiger partial charge in [-0.15, -0.1) is 0 Å². The molecule has 3 heteroatoms. The van der Waals surface area contributed by atoms with Gasteiger partial charge in [0.2, 0.25) is 0 Å². The molecule has 0 amide bonds. The van der Waals surface area contributed by atoms with Crippen LogP contribution in [0.25, 0.3) is 0 Å². The van der Waals surface area contributed by atoms with Crippen molar-refractivity contribution in [3.63, 3.8) is 0 Å². The fraction of sp³-hybridized carbons (Fsp3) is 1.00. The first kappa shape index (κ1) is 15.9. The molecule has 0 atom stereocenters. The molecule has 0 aliphatic heterocycles. The smallest absolute Gasteiger partial charge is 0.0542 e. The Balaban J connectivity index is 3.82. The minimum atomic E-state index is 0.0644. The zero-order chi connectivity index (χ0) is 12.8. The van der Waals surface area contributed by atoms with Gasteiger partial charge in [0.05, 0.1) is 25.9 Å². The van der Waals surface area contributed by atoms with E-state index in [0.29, 0.717) is 19.8 Å². The largest absolute Gasteiger partial charge is 0.380 e. The second-order valence-electron chi connectivity index (χ2n) is 6.39. The van der Waals surface area contributed by atoms with E-state index >= 15 is 0 Å². The van der Waals surface area contributed by atoms with E-state index in [4.69, 9.17) is 15.2 Å². The third-order valence-electron chi connectivity index (χ3n) is 2.35. The molecule has 98 valence electrons. The molecule has 3 nitrogen and oxygen atoms in total. The van der Waals surface area contributed by atoms with Crippen LogP contribution < -0.4 is 5.73 Å². The predicted molar refractivity (Wildman–Crippen MR) is 68.5 cm³/mol. The lowest BCUT2D eigenvalue weighted by atomic mass is 9.94. The second-order valence-corrected chi connectivity index (χ2v) is 6.39. The van der Waals surface area contributed by atoms with Gasteiger partial charge in [0.1, 0.15) is 0 Å². The number of ether oxygens (including phenoxy) is 2. The van der Waals surface area contributed by atoms with Crippen LogP contribution in [0.15, 0.2) is 0 Å². The van der Waals surface area contributed by atoms with Gasteiger partial charge < -0.3 is 15.2 Å². The molecule has 0 saturated heterocycles. The maximum atomic E-state index is 5.73. The van der Waals surface area contributed by atoms with Crippen molar-refractivity contribution in [1.82, 2.24) is 0 Å². The molecular weight excluding hydrogens is 202 g/mol. The maximum Gasteiger partial charge on any atom is 0.0542 e. The van der Waals surface area contributed by atoms with E-state index in [9.17, 15) is 0 Å². The maximum absolute atomic E-state index is 5.73. The van der Waals surface area contributed by atoms with Gasteiger partial charge >= 0.3 is 0 Å². The molecule has 0 fully saturated rings.